The molecule has 0 fully saturated rings. The second kappa shape index (κ2) is 2.90. The van der Waals surface area contributed by atoms with Crippen LogP contribution in [-0.2, 0) is 0 Å². The molecule has 1 heterocycles. The summed E-state index contributed by atoms with van der Waals surface area (Å²) in [4.78, 5) is 12.2. The van der Waals surface area contributed by atoms with Crippen molar-refractivity contribution in [3.63, 3.8) is 0 Å². The first-order chi connectivity index (χ1) is 5.77. The number of carbonyl (C=O) groups is 1. The molecule has 0 N–H and O–H groups in total. The molecular formula is C9H7FOS. The van der Waals surface area contributed by atoms with E-state index in [0.29, 0.717) is 12.0 Å². The Morgan fingerprint density at radius 1 is 1.42 bits per heavy atom. The highest BCUT2D eigenvalue weighted by molar-refractivity contribution is 7.99. The van der Waals surface area contributed by atoms with Gasteiger partial charge in [0.05, 0.1) is 0 Å². The maximum absolute atomic E-state index is 12.7. The number of thioether (sulfide) groups is 1. The predicted octanol–water partition coefficient (Wildman–Crippen LogP) is 2.50. The zero-order chi connectivity index (χ0) is 8.55. The van der Waals surface area contributed by atoms with Gasteiger partial charge < -0.3 is 0 Å². The van der Waals surface area contributed by atoms with Crippen molar-refractivity contribution in [1.29, 1.82) is 0 Å². The SMILES string of the molecule is O=C1CCSc2ccc(F)cc21. The lowest BCUT2D eigenvalue weighted by Crippen LogP contribution is -2.08. The molecule has 0 saturated carbocycles. The van der Waals surface area contributed by atoms with E-state index in [9.17, 15) is 9.18 Å². The Kier molecular flexibility index (Phi) is 1.89. The van der Waals surface area contributed by atoms with Crippen LogP contribution in [0, 0.1) is 5.82 Å². The molecule has 0 aromatic heterocycles. The van der Waals surface area contributed by atoms with Gasteiger partial charge in [0, 0.05) is 22.6 Å². The lowest BCUT2D eigenvalue weighted by atomic mass is 10.1. The maximum atomic E-state index is 12.7. The van der Waals surface area contributed by atoms with E-state index in [1.807, 2.05) is 0 Å². The number of Topliss-reactive ketones (excluding diaryl/α,β-unsaturated/α-hetero) is 1. The van der Waals surface area contributed by atoms with Gasteiger partial charge in [0.15, 0.2) is 5.78 Å². The zero-order valence-electron chi connectivity index (χ0n) is 6.34. The summed E-state index contributed by atoms with van der Waals surface area (Å²) >= 11 is 1.61. The molecule has 1 nitrogen and oxygen atoms in total. The number of fused-ring (bicyclic) bond motifs is 1. The summed E-state index contributed by atoms with van der Waals surface area (Å²) in [6.07, 6.45) is 0.529. The molecule has 1 aromatic carbocycles. The summed E-state index contributed by atoms with van der Waals surface area (Å²) < 4.78 is 12.7. The van der Waals surface area contributed by atoms with Gasteiger partial charge in [-0.3, -0.25) is 4.79 Å². The van der Waals surface area contributed by atoms with Gasteiger partial charge in [0.1, 0.15) is 5.82 Å². The third kappa shape index (κ3) is 1.25. The first kappa shape index (κ1) is 7.80. The van der Waals surface area contributed by atoms with Gasteiger partial charge in [-0.15, -0.1) is 11.8 Å². The molecule has 1 aromatic rings. The van der Waals surface area contributed by atoms with Crippen molar-refractivity contribution in [2.24, 2.45) is 0 Å². The molecule has 0 amide bonds. The summed E-state index contributed by atoms with van der Waals surface area (Å²) in [6.45, 7) is 0. The van der Waals surface area contributed by atoms with Crippen LogP contribution in [0.5, 0.6) is 0 Å². The molecule has 0 atom stereocenters. The van der Waals surface area contributed by atoms with E-state index in [4.69, 9.17) is 0 Å². The molecule has 3 heteroatoms. The molecule has 0 bridgehead atoms. The summed E-state index contributed by atoms with van der Waals surface area (Å²) in [5, 5.41) is 0. The molecule has 0 spiro atoms. The van der Waals surface area contributed by atoms with E-state index < -0.39 is 0 Å². The van der Waals surface area contributed by atoms with Crippen molar-refractivity contribution >= 4 is 17.5 Å². The van der Waals surface area contributed by atoms with Crippen LogP contribution >= 0.6 is 11.8 Å². The van der Waals surface area contributed by atoms with Gasteiger partial charge in [-0.25, -0.2) is 4.39 Å². The molecule has 62 valence electrons. The standard InChI is InChI=1S/C9H7FOS/c10-6-1-2-9-7(5-6)8(11)3-4-12-9/h1-2,5H,3-4H2. The Bertz CT molecular complexity index is 335. The van der Waals surface area contributed by atoms with E-state index in [2.05, 4.69) is 0 Å². The fraction of sp³-hybridized carbons (Fsp3) is 0.222. The average Bonchev–Trinajstić information content (AvgIpc) is 2.07. The number of halogens is 1. The van der Waals surface area contributed by atoms with Gasteiger partial charge in [0.2, 0.25) is 0 Å². The Hall–Kier alpha value is -0.830. The summed E-state index contributed by atoms with van der Waals surface area (Å²) in [7, 11) is 0. The third-order valence-electron chi connectivity index (χ3n) is 1.83. The number of hydrogen-bond acceptors (Lipinski definition) is 2. The Morgan fingerprint density at radius 3 is 3.08 bits per heavy atom. The van der Waals surface area contributed by atoms with Gasteiger partial charge in [-0.1, -0.05) is 0 Å². The van der Waals surface area contributed by atoms with E-state index in [0.717, 1.165) is 10.6 Å². The third-order valence-corrected chi connectivity index (χ3v) is 2.90. The number of hydrogen-bond donors (Lipinski definition) is 0. The van der Waals surface area contributed by atoms with Crippen LogP contribution in [-0.4, -0.2) is 11.5 Å². The van der Waals surface area contributed by atoms with E-state index in [1.165, 1.54) is 12.1 Å². The quantitative estimate of drug-likeness (QED) is 0.613. The molecule has 0 radical (unpaired) electrons. The van der Waals surface area contributed by atoms with Gasteiger partial charge in [0.25, 0.3) is 0 Å². The number of rotatable bonds is 0. The van der Waals surface area contributed by atoms with Gasteiger partial charge in [-0.2, -0.15) is 0 Å². The largest absolute Gasteiger partial charge is 0.294 e. The van der Waals surface area contributed by atoms with Gasteiger partial charge >= 0.3 is 0 Å². The van der Waals surface area contributed by atoms with E-state index in [-0.39, 0.29) is 11.6 Å². The highest BCUT2D eigenvalue weighted by Gasteiger charge is 2.17. The molecule has 0 saturated heterocycles. The first-order valence-corrected chi connectivity index (χ1v) is 4.71. The Morgan fingerprint density at radius 2 is 2.25 bits per heavy atom. The highest BCUT2D eigenvalue weighted by atomic mass is 32.2. The van der Waals surface area contributed by atoms with Crippen LogP contribution in [0.3, 0.4) is 0 Å². The second-order valence-electron chi connectivity index (χ2n) is 2.66. The zero-order valence-corrected chi connectivity index (χ0v) is 7.16. The molecular weight excluding hydrogens is 175 g/mol. The van der Waals surface area contributed by atoms with Crippen molar-refractivity contribution in [2.45, 2.75) is 11.3 Å². The number of benzene rings is 1. The van der Waals surface area contributed by atoms with Crippen molar-refractivity contribution in [2.75, 3.05) is 5.75 Å². The lowest BCUT2D eigenvalue weighted by Gasteiger charge is -2.12. The fourth-order valence-electron chi connectivity index (χ4n) is 1.23. The molecule has 1 aliphatic rings. The number of carbonyl (C=O) groups excluding carboxylic acids is 1. The van der Waals surface area contributed by atoms with Crippen LogP contribution in [0.2, 0.25) is 0 Å². The molecule has 0 unspecified atom stereocenters. The van der Waals surface area contributed by atoms with E-state index >= 15 is 0 Å². The van der Waals surface area contributed by atoms with Crippen molar-refractivity contribution < 1.29 is 9.18 Å². The minimum absolute atomic E-state index is 0.0586. The van der Waals surface area contributed by atoms with Crippen LogP contribution in [0.1, 0.15) is 16.8 Å². The summed E-state index contributed by atoms with van der Waals surface area (Å²) in [5.74, 6) is 0.546. The normalized spacial score (nSPS) is 15.9. The topological polar surface area (TPSA) is 17.1 Å². The summed E-state index contributed by atoms with van der Waals surface area (Å²) in [6, 6.07) is 4.39. The van der Waals surface area contributed by atoms with Crippen LogP contribution in [0.15, 0.2) is 23.1 Å². The van der Waals surface area contributed by atoms with Crippen molar-refractivity contribution in [1.82, 2.24) is 0 Å². The van der Waals surface area contributed by atoms with Crippen molar-refractivity contribution in [3.8, 4) is 0 Å². The highest BCUT2D eigenvalue weighted by Crippen LogP contribution is 2.29. The minimum Gasteiger partial charge on any atom is -0.294 e. The molecule has 0 aliphatic carbocycles. The molecule has 12 heavy (non-hydrogen) atoms. The van der Waals surface area contributed by atoms with Crippen LogP contribution < -0.4 is 0 Å². The second-order valence-corrected chi connectivity index (χ2v) is 3.80. The Labute approximate surface area is 74.0 Å². The van der Waals surface area contributed by atoms with Gasteiger partial charge in [-0.05, 0) is 18.2 Å². The summed E-state index contributed by atoms with van der Waals surface area (Å²) in [5.41, 5.74) is 0.547. The minimum atomic E-state index is -0.329. The lowest BCUT2D eigenvalue weighted by molar-refractivity contribution is 0.0984. The molecule has 1 aliphatic heterocycles. The molecule has 2 rings (SSSR count). The average molecular weight is 182 g/mol. The van der Waals surface area contributed by atoms with Crippen molar-refractivity contribution in [3.05, 3.63) is 29.6 Å². The Balaban J connectivity index is 2.54. The van der Waals surface area contributed by atoms with E-state index in [1.54, 1.807) is 17.8 Å². The smallest absolute Gasteiger partial charge is 0.164 e. The van der Waals surface area contributed by atoms with Crippen LogP contribution in [0.4, 0.5) is 4.39 Å². The maximum Gasteiger partial charge on any atom is 0.164 e. The first-order valence-electron chi connectivity index (χ1n) is 3.73. The fourth-order valence-corrected chi connectivity index (χ4v) is 2.23. The predicted molar refractivity (Wildman–Crippen MR) is 46.1 cm³/mol. The monoisotopic (exact) mass is 182 g/mol. The number of ketones is 1. The van der Waals surface area contributed by atoms with Crippen LogP contribution in [0.25, 0.3) is 0 Å².